The normalized spacial score (nSPS) is 26.5. The van der Waals surface area contributed by atoms with Gasteiger partial charge in [-0.25, -0.2) is 9.67 Å². The largest absolute Gasteiger partial charge is 0.496 e. The Morgan fingerprint density at radius 2 is 2.15 bits per heavy atom. The van der Waals surface area contributed by atoms with Crippen LogP contribution in [0.3, 0.4) is 0 Å². The van der Waals surface area contributed by atoms with E-state index in [9.17, 15) is 5.11 Å². The van der Waals surface area contributed by atoms with Crippen LogP contribution < -0.4 is 4.74 Å². The van der Waals surface area contributed by atoms with Gasteiger partial charge in [-0.2, -0.15) is 5.10 Å². The second-order valence-electron chi connectivity index (χ2n) is 7.82. The van der Waals surface area contributed by atoms with E-state index in [1.54, 1.807) is 19.8 Å². The molecule has 0 unspecified atom stereocenters. The number of aliphatic hydroxyl groups excluding tert-OH is 1. The molecule has 0 amide bonds. The van der Waals surface area contributed by atoms with E-state index in [1.165, 1.54) is 31.2 Å². The molecule has 1 aliphatic carbocycles. The Morgan fingerprint density at radius 3 is 2.88 bits per heavy atom. The first-order valence-electron chi connectivity index (χ1n) is 9.57. The second-order valence-corrected chi connectivity index (χ2v) is 7.82. The fourth-order valence-corrected chi connectivity index (χ4v) is 4.79. The van der Waals surface area contributed by atoms with Crippen LogP contribution in [0, 0.1) is 5.41 Å². The van der Waals surface area contributed by atoms with Crippen LogP contribution in [0.2, 0.25) is 0 Å². The lowest BCUT2D eigenvalue weighted by Gasteiger charge is -2.42. The minimum absolute atomic E-state index is 0.121. The highest BCUT2D eigenvalue weighted by Gasteiger charge is 2.44. The van der Waals surface area contributed by atoms with Gasteiger partial charge < -0.3 is 9.84 Å². The van der Waals surface area contributed by atoms with Gasteiger partial charge in [0.05, 0.1) is 19.8 Å². The van der Waals surface area contributed by atoms with Gasteiger partial charge in [-0.05, 0) is 49.9 Å². The van der Waals surface area contributed by atoms with E-state index in [4.69, 9.17) is 4.74 Å². The zero-order chi connectivity index (χ0) is 18.0. The third kappa shape index (κ3) is 3.48. The van der Waals surface area contributed by atoms with Crippen molar-refractivity contribution < 1.29 is 9.84 Å². The summed E-state index contributed by atoms with van der Waals surface area (Å²) < 4.78 is 7.33. The molecule has 2 atom stereocenters. The number of benzene rings is 1. The molecule has 1 aromatic heterocycles. The Labute approximate surface area is 154 Å². The molecule has 26 heavy (non-hydrogen) atoms. The van der Waals surface area contributed by atoms with Crippen molar-refractivity contribution in [3.05, 3.63) is 42.0 Å². The van der Waals surface area contributed by atoms with Gasteiger partial charge in [-0.3, -0.25) is 4.90 Å². The van der Waals surface area contributed by atoms with E-state index in [0.717, 1.165) is 37.4 Å². The number of hydrogen-bond acceptors (Lipinski definition) is 5. The summed E-state index contributed by atoms with van der Waals surface area (Å²) in [7, 11) is 1.70. The summed E-state index contributed by atoms with van der Waals surface area (Å²) in [5.74, 6) is 0.880. The predicted octanol–water partition coefficient (Wildman–Crippen LogP) is 2.46. The lowest BCUT2D eigenvalue weighted by atomic mass is 9.76. The highest BCUT2D eigenvalue weighted by Crippen LogP contribution is 2.45. The molecular formula is C20H28N4O2. The van der Waals surface area contributed by atoms with Crippen molar-refractivity contribution >= 4 is 0 Å². The van der Waals surface area contributed by atoms with Crippen LogP contribution in [0.5, 0.6) is 5.75 Å². The maximum Gasteiger partial charge on any atom is 0.137 e. The van der Waals surface area contributed by atoms with E-state index in [1.807, 2.05) is 10.7 Å². The summed E-state index contributed by atoms with van der Waals surface area (Å²) in [5, 5.41) is 14.7. The fraction of sp³-hybridized carbons (Fsp3) is 0.600. The van der Waals surface area contributed by atoms with E-state index in [2.05, 4.69) is 27.1 Å². The molecule has 1 aliphatic heterocycles. The number of nitrogens with zero attached hydrogens (tertiary/aromatic N) is 4. The summed E-state index contributed by atoms with van der Waals surface area (Å²) in [6.45, 7) is 3.69. The van der Waals surface area contributed by atoms with Gasteiger partial charge >= 0.3 is 0 Å². The number of piperidine rings is 1. The van der Waals surface area contributed by atoms with Crippen molar-refractivity contribution in [3.8, 4) is 5.75 Å². The Balaban J connectivity index is 1.49. The average Bonchev–Trinajstić information content (AvgIpc) is 3.26. The Kier molecular flexibility index (Phi) is 4.96. The monoisotopic (exact) mass is 356 g/mol. The maximum atomic E-state index is 10.5. The third-order valence-electron chi connectivity index (χ3n) is 6.10. The lowest BCUT2D eigenvalue weighted by molar-refractivity contribution is -0.0120. The van der Waals surface area contributed by atoms with Crippen LogP contribution >= 0.6 is 0 Å². The number of hydrogen-bond donors (Lipinski definition) is 1. The van der Waals surface area contributed by atoms with Gasteiger partial charge in [-0.15, -0.1) is 0 Å². The molecule has 0 radical (unpaired) electrons. The smallest absolute Gasteiger partial charge is 0.137 e. The molecule has 1 spiro atoms. The van der Waals surface area contributed by atoms with Gasteiger partial charge in [0.25, 0.3) is 0 Å². The Hall–Kier alpha value is -1.92. The molecule has 2 fully saturated rings. The molecule has 1 saturated carbocycles. The summed E-state index contributed by atoms with van der Waals surface area (Å²) in [4.78, 5) is 6.53. The van der Waals surface area contributed by atoms with E-state index in [0.29, 0.717) is 6.54 Å². The van der Waals surface area contributed by atoms with Crippen LogP contribution in [-0.4, -0.2) is 51.1 Å². The molecule has 2 heterocycles. The number of rotatable bonds is 5. The zero-order valence-electron chi connectivity index (χ0n) is 15.5. The molecule has 1 N–H and O–H groups in total. The number of aromatic nitrogens is 3. The van der Waals surface area contributed by atoms with Gasteiger partial charge in [0, 0.05) is 24.1 Å². The van der Waals surface area contributed by atoms with Crippen molar-refractivity contribution in [2.45, 2.75) is 51.3 Å². The van der Waals surface area contributed by atoms with E-state index >= 15 is 0 Å². The average molecular weight is 356 g/mol. The van der Waals surface area contributed by atoms with Crippen LogP contribution in [-0.2, 0) is 13.1 Å². The van der Waals surface area contributed by atoms with Crippen LogP contribution in [0.4, 0.5) is 0 Å². The fourth-order valence-electron chi connectivity index (χ4n) is 4.79. The van der Waals surface area contributed by atoms with Gasteiger partial charge in [0.2, 0.25) is 0 Å². The minimum Gasteiger partial charge on any atom is -0.496 e. The molecule has 2 aromatic rings. The lowest BCUT2D eigenvalue weighted by Crippen LogP contribution is -2.46. The van der Waals surface area contributed by atoms with Crippen molar-refractivity contribution in [2.24, 2.45) is 5.41 Å². The molecule has 6 nitrogen and oxygen atoms in total. The first kappa shape index (κ1) is 17.5. The zero-order valence-corrected chi connectivity index (χ0v) is 15.5. The maximum absolute atomic E-state index is 10.5. The molecule has 4 rings (SSSR count). The van der Waals surface area contributed by atoms with Gasteiger partial charge in [-0.1, -0.05) is 12.5 Å². The Bertz CT molecular complexity index is 733. The number of likely N-dealkylation sites (tertiary alicyclic amines) is 1. The van der Waals surface area contributed by atoms with Gasteiger partial charge in [0.1, 0.15) is 18.4 Å². The summed E-state index contributed by atoms with van der Waals surface area (Å²) in [5.41, 5.74) is 2.53. The highest BCUT2D eigenvalue weighted by atomic mass is 16.5. The minimum atomic E-state index is -0.121. The van der Waals surface area contributed by atoms with Crippen LogP contribution in [0.25, 0.3) is 0 Å². The van der Waals surface area contributed by atoms with Crippen molar-refractivity contribution in [1.82, 2.24) is 19.7 Å². The Morgan fingerprint density at radius 1 is 1.27 bits per heavy atom. The van der Waals surface area contributed by atoms with E-state index < -0.39 is 0 Å². The first-order valence-corrected chi connectivity index (χ1v) is 9.57. The first-order chi connectivity index (χ1) is 12.7. The second kappa shape index (κ2) is 7.37. The van der Waals surface area contributed by atoms with E-state index in [-0.39, 0.29) is 11.5 Å². The molecule has 1 saturated heterocycles. The summed E-state index contributed by atoms with van der Waals surface area (Å²) >= 11 is 0. The molecule has 6 heteroatoms. The highest BCUT2D eigenvalue weighted by molar-refractivity contribution is 5.37. The molecular weight excluding hydrogens is 328 g/mol. The predicted molar refractivity (Wildman–Crippen MR) is 98.9 cm³/mol. The molecule has 1 aromatic carbocycles. The quantitative estimate of drug-likeness (QED) is 0.892. The number of ether oxygens (including phenoxy) is 1. The molecule has 140 valence electrons. The summed E-state index contributed by atoms with van der Waals surface area (Å²) in [6, 6.07) is 6.41. The van der Waals surface area contributed by atoms with Crippen molar-refractivity contribution in [3.63, 3.8) is 0 Å². The van der Waals surface area contributed by atoms with Gasteiger partial charge in [0.15, 0.2) is 0 Å². The van der Waals surface area contributed by atoms with Crippen LogP contribution in [0.1, 0.15) is 43.2 Å². The summed E-state index contributed by atoms with van der Waals surface area (Å²) in [6.07, 6.45) is 8.81. The van der Waals surface area contributed by atoms with Crippen LogP contribution in [0.15, 0.2) is 30.9 Å². The number of methoxy groups -OCH3 is 1. The molecule has 2 aliphatic rings. The SMILES string of the molecule is COc1ccc(CN2CCC[C@@]3(CCC[C@H]3O)C2)cc1Cn1cncn1. The number of aliphatic hydroxyl groups is 1. The van der Waals surface area contributed by atoms with Crippen molar-refractivity contribution in [2.75, 3.05) is 20.2 Å². The standard InChI is InChI=1S/C20H28N4O2/c1-26-18-6-5-16(10-17(18)12-24-15-21-14-22-24)11-23-9-3-8-20(13-23)7-2-4-19(20)25/h5-6,10,14-15,19,25H,2-4,7-9,11-13H2,1H3/t19-,20+/m1/s1. The molecule has 0 bridgehead atoms. The topological polar surface area (TPSA) is 63.4 Å². The third-order valence-corrected chi connectivity index (χ3v) is 6.10. The van der Waals surface area contributed by atoms with Crippen molar-refractivity contribution in [1.29, 1.82) is 0 Å².